The average molecular weight is 538 g/mol. The first-order valence-electron chi connectivity index (χ1n) is 12.0. The molecule has 1 fully saturated rings. The van der Waals surface area contributed by atoms with Gasteiger partial charge in [0, 0.05) is 47.5 Å². The third-order valence-electron chi connectivity index (χ3n) is 6.40. The number of fused-ring (bicyclic) bond motifs is 1. The lowest BCUT2D eigenvalue weighted by molar-refractivity contribution is -0.134. The van der Waals surface area contributed by atoms with Gasteiger partial charge >= 0.3 is 0 Å². The highest BCUT2D eigenvalue weighted by molar-refractivity contribution is 6.30. The van der Waals surface area contributed by atoms with Crippen molar-refractivity contribution in [2.24, 2.45) is 5.73 Å². The molecular weight excluding hydrogens is 509 g/mol. The number of carbonyl (C=O) groups is 1. The van der Waals surface area contributed by atoms with Crippen LogP contribution in [0.3, 0.4) is 0 Å². The molecule has 0 spiro atoms. The van der Waals surface area contributed by atoms with Crippen molar-refractivity contribution in [3.8, 4) is 11.3 Å². The highest BCUT2D eigenvalue weighted by atomic mass is 35.5. The molecule has 2 N–H and O–H groups in total. The van der Waals surface area contributed by atoms with Crippen LogP contribution in [0.25, 0.3) is 22.0 Å². The van der Waals surface area contributed by atoms with Gasteiger partial charge in [0.05, 0.1) is 13.2 Å². The lowest BCUT2D eigenvalue weighted by atomic mass is 10.0. The summed E-state index contributed by atoms with van der Waals surface area (Å²) in [4.78, 5) is 16.9. The van der Waals surface area contributed by atoms with Crippen molar-refractivity contribution in [3.63, 3.8) is 0 Å². The Morgan fingerprint density at radius 1 is 0.892 bits per heavy atom. The number of anilines is 1. The fraction of sp³-hybridized carbons (Fsp3) is 0.250. The van der Waals surface area contributed by atoms with Crippen molar-refractivity contribution in [1.29, 1.82) is 0 Å². The fourth-order valence-electron chi connectivity index (χ4n) is 4.47. The second-order valence-corrected chi connectivity index (χ2v) is 9.28. The van der Waals surface area contributed by atoms with E-state index in [1.54, 1.807) is 0 Å². The molecule has 0 bridgehead atoms. The Kier molecular flexibility index (Phi) is 8.95. The minimum Gasteiger partial charge on any atom is -0.375 e. The number of halogens is 2. The number of aromatic nitrogens is 2. The van der Waals surface area contributed by atoms with Gasteiger partial charge in [-0.1, -0.05) is 78.3 Å². The molecule has 0 unspecified atom stereocenters. The molecule has 2 heterocycles. The molecule has 0 saturated carbocycles. The first kappa shape index (κ1) is 26.8. The predicted molar refractivity (Wildman–Crippen MR) is 150 cm³/mol. The first-order chi connectivity index (χ1) is 17.6. The van der Waals surface area contributed by atoms with Crippen molar-refractivity contribution < 1.29 is 9.53 Å². The van der Waals surface area contributed by atoms with E-state index in [4.69, 9.17) is 22.1 Å². The molecule has 7 nitrogen and oxygen atoms in total. The first-order valence-corrected chi connectivity index (χ1v) is 12.4. The number of piperazine rings is 1. The Hall–Kier alpha value is -3.23. The zero-order valence-corrected chi connectivity index (χ0v) is 21.9. The maximum Gasteiger partial charge on any atom is 0.241 e. The molecule has 9 heteroatoms. The number of rotatable bonds is 7. The van der Waals surface area contributed by atoms with Gasteiger partial charge < -0.3 is 20.3 Å². The van der Waals surface area contributed by atoms with Crippen LogP contribution in [0.5, 0.6) is 0 Å². The van der Waals surface area contributed by atoms with Crippen LogP contribution in [0.15, 0.2) is 78.9 Å². The Balaban J connectivity index is 0.00000320. The summed E-state index contributed by atoms with van der Waals surface area (Å²) in [5.74, 6) is 0.739. The van der Waals surface area contributed by atoms with E-state index in [9.17, 15) is 4.79 Å². The molecule has 1 atom stereocenters. The zero-order chi connectivity index (χ0) is 24.9. The van der Waals surface area contributed by atoms with Gasteiger partial charge in [0.2, 0.25) is 5.91 Å². The van der Waals surface area contributed by atoms with Crippen molar-refractivity contribution >= 4 is 46.5 Å². The van der Waals surface area contributed by atoms with Gasteiger partial charge in [-0.25, -0.2) is 0 Å². The molecule has 5 rings (SSSR count). The van der Waals surface area contributed by atoms with Crippen LogP contribution in [0, 0.1) is 0 Å². The maximum atomic E-state index is 12.9. The SMILES string of the molecule is Cl.N[C@@H](COCc1ccccc1)C(=O)N1CCN(c2nnc(-c3ccc(Cl)cc3)c3ccccc23)CC1. The summed E-state index contributed by atoms with van der Waals surface area (Å²) in [5, 5.41) is 11.9. The normalized spacial score (nSPS) is 14.3. The van der Waals surface area contributed by atoms with Crippen molar-refractivity contribution in [1.82, 2.24) is 15.1 Å². The number of hydrogen-bond acceptors (Lipinski definition) is 6. The zero-order valence-electron chi connectivity index (χ0n) is 20.3. The van der Waals surface area contributed by atoms with Crippen molar-refractivity contribution in [2.75, 3.05) is 37.7 Å². The molecule has 1 aliphatic rings. The maximum absolute atomic E-state index is 12.9. The number of carbonyl (C=O) groups excluding carboxylic acids is 1. The molecule has 4 aromatic rings. The molecule has 1 aliphatic heterocycles. The quantitative estimate of drug-likeness (QED) is 0.371. The highest BCUT2D eigenvalue weighted by Crippen LogP contribution is 2.32. The monoisotopic (exact) mass is 537 g/mol. The molecule has 3 aromatic carbocycles. The van der Waals surface area contributed by atoms with Crippen LogP contribution in [0.1, 0.15) is 5.56 Å². The second kappa shape index (κ2) is 12.3. The number of hydrogen-bond donors (Lipinski definition) is 1. The smallest absolute Gasteiger partial charge is 0.241 e. The number of nitrogens with two attached hydrogens (primary N) is 1. The molecule has 37 heavy (non-hydrogen) atoms. The van der Waals surface area contributed by atoms with Gasteiger partial charge in [-0.05, 0) is 17.7 Å². The summed E-state index contributed by atoms with van der Waals surface area (Å²) >= 11 is 6.06. The van der Waals surface area contributed by atoms with Crippen LogP contribution >= 0.6 is 24.0 Å². The summed E-state index contributed by atoms with van der Waals surface area (Å²) in [6, 6.07) is 24.9. The summed E-state index contributed by atoms with van der Waals surface area (Å²) in [6.45, 7) is 3.08. The molecule has 1 amide bonds. The summed E-state index contributed by atoms with van der Waals surface area (Å²) < 4.78 is 5.68. The molecule has 1 aromatic heterocycles. The van der Waals surface area contributed by atoms with E-state index in [1.807, 2.05) is 71.6 Å². The van der Waals surface area contributed by atoms with Gasteiger partial charge in [-0.3, -0.25) is 4.79 Å². The minimum atomic E-state index is -0.681. The van der Waals surface area contributed by atoms with Crippen molar-refractivity contribution in [3.05, 3.63) is 89.4 Å². The Labute approximate surface area is 227 Å². The van der Waals surface area contributed by atoms with Crippen LogP contribution < -0.4 is 10.6 Å². The number of nitrogens with zero attached hydrogens (tertiary/aromatic N) is 4. The molecule has 0 aliphatic carbocycles. The van der Waals surface area contributed by atoms with E-state index >= 15 is 0 Å². The topological polar surface area (TPSA) is 84.6 Å². The van der Waals surface area contributed by atoms with Gasteiger partial charge in [0.1, 0.15) is 11.7 Å². The van der Waals surface area contributed by atoms with Crippen LogP contribution in [0.4, 0.5) is 5.82 Å². The number of benzene rings is 3. The van der Waals surface area contributed by atoms with Gasteiger partial charge in [-0.15, -0.1) is 22.6 Å². The lowest BCUT2D eigenvalue weighted by Crippen LogP contribution is -2.54. The second-order valence-electron chi connectivity index (χ2n) is 8.84. The number of amides is 1. The largest absolute Gasteiger partial charge is 0.375 e. The van der Waals surface area contributed by atoms with Crippen LogP contribution in [-0.4, -0.2) is 59.8 Å². The standard InChI is InChI=1S/C28H28ClN5O2.ClH/c29-22-12-10-21(11-13-22)26-23-8-4-5-9-24(23)27(32-31-26)33-14-16-34(17-15-33)28(35)25(30)19-36-18-20-6-2-1-3-7-20;/h1-13,25H,14-19,30H2;1H/t25-;/m0./s1. The highest BCUT2D eigenvalue weighted by Gasteiger charge is 2.27. The van der Waals surface area contributed by atoms with Crippen LogP contribution in [-0.2, 0) is 16.1 Å². The minimum absolute atomic E-state index is 0. The molecule has 0 radical (unpaired) electrons. The summed E-state index contributed by atoms with van der Waals surface area (Å²) in [7, 11) is 0. The molecule has 1 saturated heterocycles. The van der Waals surface area contributed by atoms with Gasteiger partial charge in [0.25, 0.3) is 0 Å². The lowest BCUT2D eigenvalue weighted by Gasteiger charge is -2.36. The van der Waals surface area contributed by atoms with Gasteiger partial charge in [-0.2, -0.15) is 0 Å². The van der Waals surface area contributed by atoms with E-state index in [0.717, 1.165) is 33.4 Å². The third kappa shape index (κ3) is 6.19. The molecular formula is C28H29Cl2N5O2. The van der Waals surface area contributed by atoms with E-state index < -0.39 is 6.04 Å². The van der Waals surface area contributed by atoms with Gasteiger partial charge in [0.15, 0.2) is 5.82 Å². The van der Waals surface area contributed by atoms with E-state index in [-0.39, 0.29) is 24.9 Å². The third-order valence-corrected chi connectivity index (χ3v) is 6.65. The van der Waals surface area contributed by atoms with Crippen LogP contribution in [0.2, 0.25) is 5.02 Å². The summed E-state index contributed by atoms with van der Waals surface area (Å²) in [5.41, 5.74) is 9.00. The molecule has 192 valence electrons. The Bertz CT molecular complexity index is 1330. The predicted octanol–water partition coefficient (Wildman–Crippen LogP) is 4.56. The Morgan fingerprint density at radius 3 is 2.24 bits per heavy atom. The van der Waals surface area contributed by atoms with E-state index in [0.29, 0.717) is 37.8 Å². The number of ether oxygens (including phenoxy) is 1. The fourth-order valence-corrected chi connectivity index (χ4v) is 4.59. The average Bonchev–Trinajstić information content (AvgIpc) is 2.93. The van der Waals surface area contributed by atoms with E-state index in [2.05, 4.69) is 27.2 Å². The Morgan fingerprint density at radius 2 is 1.54 bits per heavy atom. The summed E-state index contributed by atoms with van der Waals surface area (Å²) in [6.07, 6.45) is 0. The van der Waals surface area contributed by atoms with E-state index in [1.165, 1.54) is 0 Å². The van der Waals surface area contributed by atoms with Crippen molar-refractivity contribution in [2.45, 2.75) is 12.6 Å².